The Hall–Kier alpha value is -6.52. The quantitative estimate of drug-likeness (QED) is 0.157. The van der Waals surface area contributed by atoms with Crippen molar-refractivity contribution in [2.75, 3.05) is 0 Å². The molecule has 0 amide bonds. The van der Waals surface area contributed by atoms with E-state index in [1.165, 1.54) is 44.6 Å². The van der Waals surface area contributed by atoms with Crippen LogP contribution in [0, 0.1) is 89.8 Å². The zero-order chi connectivity index (χ0) is 55.2. The van der Waals surface area contributed by atoms with Crippen LogP contribution in [-0.4, -0.2) is 0 Å². The van der Waals surface area contributed by atoms with Gasteiger partial charge in [0.05, 0.1) is 0 Å². The molecule has 0 saturated carbocycles. The lowest BCUT2D eigenvalue weighted by atomic mass is 9.97. The Kier molecular flexibility index (Phi) is 12.7. The van der Waals surface area contributed by atoms with Gasteiger partial charge in [-0.05, 0) is 159 Å². The van der Waals surface area contributed by atoms with Gasteiger partial charge < -0.3 is 0 Å². The molecule has 0 fully saturated rings. The Morgan fingerprint density at radius 2 is 0.769 bits per heavy atom. The SMILES string of the molecule is Cc1ccccc1-c1c(C)c(C)cc[n+]1C.[2H]C([2H])([2H])c1c[n+](C)c(-c2ccccc2C)c(C)c1C.[2H]C([2H])([2H])c1c[n+](C)c(-c2ccccc2C)cc1C.[2H]C([2H])([2H])c1cc(C)c(-c2ccccc2C)[n+](C)c1. The largest absolute Gasteiger partial charge is 0.215 e. The van der Waals surface area contributed by atoms with Crippen LogP contribution >= 0.6 is 0 Å². The number of hydrogen-bond acceptors (Lipinski definition) is 0. The summed E-state index contributed by atoms with van der Waals surface area (Å²) in [5.41, 5.74) is 21.7. The molecule has 0 spiro atoms. The summed E-state index contributed by atoms with van der Waals surface area (Å²) in [4.78, 5) is 0. The molecule has 0 bridgehead atoms. The number of rotatable bonds is 4. The first-order valence-corrected chi connectivity index (χ1v) is 22.2. The van der Waals surface area contributed by atoms with Crippen molar-refractivity contribution in [3.8, 4) is 45.0 Å². The van der Waals surface area contributed by atoms with Crippen LogP contribution < -0.4 is 18.3 Å². The molecule has 0 N–H and O–H groups in total. The lowest BCUT2D eigenvalue weighted by Crippen LogP contribution is -2.33. The Bertz CT molecular complexity index is 3270. The molecular formula is C61H74N4+4. The van der Waals surface area contributed by atoms with Crippen LogP contribution in [0.2, 0.25) is 0 Å². The summed E-state index contributed by atoms with van der Waals surface area (Å²) < 4.78 is 76.0. The highest BCUT2D eigenvalue weighted by Gasteiger charge is 2.20. The van der Waals surface area contributed by atoms with E-state index in [0.717, 1.165) is 56.0 Å². The first-order chi connectivity index (χ1) is 34.4. The van der Waals surface area contributed by atoms with E-state index < -0.39 is 20.6 Å². The summed E-state index contributed by atoms with van der Waals surface area (Å²) in [6.07, 6.45) is 7.27. The summed E-state index contributed by atoms with van der Waals surface area (Å²) in [5.74, 6) is 0. The topological polar surface area (TPSA) is 15.5 Å². The van der Waals surface area contributed by atoms with E-state index in [1.807, 2.05) is 105 Å². The van der Waals surface area contributed by atoms with E-state index in [0.29, 0.717) is 16.7 Å². The van der Waals surface area contributed by atoms with Crippen LogP contribution in [0.25, 0.3) is 45.0 Å². The lowest BCUT2D eigenvalue weighted by Gasteiger charge is -2.10. The average molecular weight is 872 g/mol. The minimum absolute atomic E-state index is 0.379. The monoisotopic (exact) mass is 872 g/mol. The van der Waals surface area contributed by atoms with Gasteiger partial charge in [0, 0.05) is 80.1 Å². The normalized spacial score (nSPS) is 13.2. The molecule has 4 aromatic carbocycles. The summed E-state index contributed by atoms with van der Waals surface area (Å²) in [7, 11) is 7.79. The van der Waals surface area contributed by atoms with Gasteiger partial charge in [0.1, 0.15) is 28.2 Å². The van der Waals surface area contributed by atoms with E-state index in [4.69, 9.17) is 12.3 Å². The maximum atomic E-state index is 7.64. The van der Waals surface area contributed by atoms with Gasteiger partial charge in [0.15, 0.2) is 24.8 Å². The van der Waals surface area contributed by atoms with Gasteiger partial charge in [-0.15, -0.1) is 0 Å². The third kappa shape index (κ3) is 11.8. The molecule has 0 aliphatic carbocycles. The van der Waals surface area contributed by atoms with Crippen LogP contribution in [0.3, 0.4) is 0 Å². The second-order valence-electron chi connectivity index (χ2n) is 17.3. The highest BCUT2D eigenvalue weighted by molar-refractivity contribution is 5.67. The molecule has 4 nitrogen and oxygen atoms in total. The highest BCUT2D eigenvalue weighted by atomic mass is 14.9. The minimum atomic E-state index is -2.07. The van der Waals surface area contributed by atoms with Gasteiger partial charge in [0.25, 0.3) is 0 Å². The highest BCUT2D eigenvalue weighted by Crippen LogP contribution is 2.27. The molecule has 0 atom stereocenters. The van der Waals surface area contributed by atoms with Gasteiger partial charge in [-0.2, -0.15) is 0 Å². The fourth-order valence-electron chi connectivity index (χ4n) is 8.34. The van der Waals surface area contributed by atoms with E-state index in [1.54, 1.807) is 24.7 Å². The minimum Gasteiger partial charge on any atom is -0.201 e. The zero-order valence-corrected chi connectivity index (χ0v) is 41.1. The van der Waals surface area contributed by atoms with Crippen molar-refractivity contribution in [1.29, 1.82) is 0 Å². The van der Waals surface area contributed by atoms with Gasteiger partial charge in [-0.25, -0.2) is 18.3 Å². The van der Waals surface area contributed by atoms with Crippen LogP contribution in [0.1, 0.15) is 84.7 Å². The summed E-state index contributed by atoms with van der Waals surface area (Å²) in [6.45, 7) is 14.2. The second-order valence-corrected chi connectivity index (χ2v) is 17.3. The molecule has 0 aliphatic rings. The van der Waals surface area contributed by atoms with Crippen molar-refractivity contribution in [1.82, 2.24) is 0 Å². The van der Waals surface area contributed by atoms with Crippen molar-refractivity contribution in [2.24, 2.45) is 28.2 Å². The Morgan fingerprint density at radius 3 is 1.25 bits per heavy atom. The average Bonchev–Trinajstić information content (AvgIpc) is 3.31. The number of aromatic nitrogens is 4. The molecule has 8 aromatic rings. The lowest BCUT2D eigenvalue weighted by molar-refractivity contribution is -0.661. The van der Waals surface area contributed by atoms with E-state index in [2.05, 4.69) is 126 Å². The molecular weight excluding hydrogens is 789 g/mol. The molecule has 0 radical (unpaired) electrons. The third-order valence-corrected chi connectivity index (χ3v) is 12.4. The van der Waals surface area contributed by atoms with Crippen molar-refractivity contribution in [2.45, 2.75) is 89.8 Å². The van der Waals surface area contributed by atoms with Gasteiger partial charge in [-0.3, -0.25) is 0 Å². The number of aryl methyl sites for hydroxylation is 14. The van der Waals surface area contributed by atoms with Crippen molar-refractivity contribution < 1.29 is 30.6 Å². The smallest absolute Gasteiger partial charge is 0.201 e. The molecule has 0 unspecified atom stereocenters. The van der Waals surface area contributed by atoms with E-state index in [-0.39, 0.29) is 0 Å². The second kappa shape index (κ2) is 21.9. The summed E-state index contributed by atoms with van der Waals surface area (Å²) in [6, 6.07) is 38.8. The molecule has 0 aliphatic heterocycles. The van der Waals surface area contributed by atoms with Gasteiger partial charge in [-0.1, -0.05) is 72.8 Å². The molecule has 8 rings (SSSR count). The predicted octanol–water partition coefficient (Wildman–Crippen LogP) is 12.7. The molecule has 334 valence electrons. The van der Waals surface area contributed by atoms with Crippen molar-refractivity contribution in [3.05, 3.63) is 212 Å². The maximum Gasteiger partial charge on any atom is 0.215 e. The Labute approximate surface area is 404 Å². The standard InChI is InChI=1S/C16H20N.3C15H18N/c1-11-8-6-7-9-15(11)16-14(4)13(3)12(2)10-17(16)5;1-11-9-13(3)15(16(4)10-11)14-8-6-5-7-12(14)2;1-11-7-5-6-8-14(11)15-9-12(2)13(3)10-16(15)4;1-11-9-10-16(4)15(13(11)3)14-8-6-5-7-12(14)2/h6-10H,1-5H3;3*5-10H,1-4H3/q4*+1/i2D3;1D3;3D3;. The number of hydrogen-bond donors (Lipinski definition) is 0. The summed E-state index contributed by atoms with van der Waals surface area (Å²) in [5, 5.41) is 0. The van der Waals surface area contributed by atoms with Crippen molar-refractivity contribution in [3.63, 3.8) is 0 Å². The van der Waals surface area contributed by atoms with E-state index in [9.17, 15) is 0 Å². The zero-order valence-electron chi connectivity index (χ0n) is 50.1. The number of nitrogens with zero attached hydrogens (tertiary/aromatic N) is 4. The summed E-state index contributed by atoms with van der Waals surface area (Å²) >= 11 is 0. The molecule has 4 aromatic heterocycles. The van der Waals surface area contributed by atoms with E-state index >= 15 is 0 Å². The van der Waals surface area contributed by atoms with Crippen LogP contribution in [0.15, 0.2) is 140 Å². The molecule has 0 saturated heterocycles. The van der Waals surface area contributed by atoms with Crippen LogP contribution in [0.4, 0.5) is 0 Å². The first-order valence-electron chi connectivity index (χ1n) is 26.7. The van der Waals surface area contributed by atoms with Gasteiger partial charge >= 0.3 is 0 Å². The third-order valence-electron chi connectivity index (χ3n) is 12.4. The van der Waals surface area contributed by atoms with Gasteiger partial charge in [0.2, 0.25) is 22.8 Å². The predicted molar refractivity (Wildman–Crippen MR) is 274 cm³/mol. The Balaban J connectivity index is 0.000000183. The molecule has 65 heavy (non-hydrogen) atoms. The van der Waals surface area contributed by atoms with Crippen molar-refractivity contribution >= 4 is 0 Å². The van der Waals surface area contributed by atoms with Crippen LogP contribution in [0.5, 0.6) is 0 Å². The first kappa shape index (κ1) is 37.8. The fourth-order valence-corrected chi connectivity index (χ4v) is 8.34. The molecule has 4 heteroatoms. The molecule has 4 heterocycles. The number of benzene rings is 4. The fraction of sp³-hybridized carbons (Fsp3) is 0.279. The number of pyridine rings is 4. The Morgan fingerprint density at radius 1 is 0.323 bits per heavy atom. The van der Waals surface area contributed by atoms with Crippen LogP contribution in [-0.2, 0) is 28.2 Å². The maximum absolute atomic E-state index is 7.64.